The molecule has 0 atom stereocenters. The summed E-state index contributed by atoms with van der Waals surface area (Å²) in [4.78, 5) is 21.4. The van der Waals surface area contributed by atoms with E-state index >= 15 is 0 Å². The molecule has 0 N–H and O–H groups in total. The van der Waals surface area contributed by atoms with Crippen LogP contribution in [0.25, 0.3) is 32.1 Å². The number of para-hydroxylation sites is 2. The molecule has 4 nitrogen and oxygen atoms in total. The second kappa shape index (κ2) is 7.82. The minimum absolute atomic E-state index is 0.344. The topological polar surface area (TPSA) is 52.1 Å². The quantitative estimate of drug-likeness (QED) is 0.316. The molecule has 30 heavy (non-hydrogen) atoms. The summed E-state index contributed by atoms with van der Waals surface area (Å²) >= 11 is 3.31. The third kappa shape index (κ3) is 3.51. The summed E-state index contributed by atoms with van der Waals surface area (Å²) in [5.41, 5.74) is 4.42. The van der Waals surface area contributed by atoms with E-state index in [4.69, 9.17) is 14.7 Å². The maximum atomic E-state index is 11.7. The van der Waals surface area contributed by atoms with E-state index in [1.165, 1.54) is 7.11 Å². The zero-order chi connectivity index (χ0) is 20.5. The Morgan fingerprint density at radius 2 is 1.33 bits per heavy atom. The number of carbonyl (C=O) groups is 1. The molecule has 0 aliphatic rings. The number of carbonyl (C=O) groups excluding carboxylic acids is 1. The van der Waals surface area contributed by atoms with Gasteiger partial charge >= 0.3 is 5.97 Å². The highest BCUT2D eigenvalue weighted by Crippen LogP contribution is 2.36. The molecule has 0 fully saturated rings. The Morgan fingerprint density at radius 1 is 0.800 bits per heavy atom. The van der Waals surface area contributed by atoms with Crippen LogP contribution in [0.4, 0.5) is 0 Å². The number of hydrogen-bond acceptors (Lipinski definition) is 6. The van der Waals surface area contributed by atoms with Gasteiger partial charge in [0.15, 0.2) is 0 Å². The van der Waals surface area contributed by atoms with Crippen molar-refractivity contribution in [3.05, 3.63) is 93.9 Å². The van der Waals surface area contributed by atoms with Gasteiger partial charge in [-0.25, -0.2) is 14.8 Å². The van der Waals surface area contributed by atoms with Crippen LogP contribution in [0.1, 0.15) is 25.9 Å². The van der Waals surface area contributed by atoms with Crippen molar-refractivity contribution in [3.63, 3.8) is 0 Å². The van der Waals surface area contributed by atoms with Crippen molar-refractivity contribution in [2.24, 2.45) is 0 Å². The summed E-state index contributed by atoms with van der Waals surface area (Å²) in [5, 5.41) is 1.85. The van der Waals surface area contributed by atoms with Crippen LogP contribution in [0.2, 0.25) is 0 Å². The molecule has 0 aliphatic heterocycles. The smallest absolute Gasteiger partial charge is 0.337 e. The van der Waals surface area contributed by atoms with Gasteiger partial charge in [0.1, 0.15) is 10.0 Å². The Bertz CT molecular complexity index is 1260. The molecule has 0 bridgehead atoms. The first-order chi connectivity index (χ1) is 14.7. The molecule has 0 saturated heterocycles. The molecule has 2 heterocycles. The third-order valence-electron chi connectivity index (χ3n) is 4.69. The Hall–Kier alpha value is -3.35. The van der Waals surface area contributed by atoms with Crippen LogP contribution in [0.15, 0.2) is 72.8 Å². The van der Waals surface area contributed by atoms with Crippen LogP contribution >= 0.6 is 22.7 Å². The van der Waals surface area contributed by atoms with E-state index in [0.29, 0.717) is 5.56 Å². The van der Waals surface area contributed by atoms with Gasteiger partial charge < -0.3 is 4.74 Å². The van der Waals surface area contributed by atoms with Crippen LogP contribution in [0, 0.1) is 0 Å². The van der Waals surface area contributed by atoms with Gasteiger partial charge in [-0.05, 0) is 48.0 Å². The van der Waals surface area contributed by atoms with Gasteiger partial charge in [-0.1, -0.05) is 36.4 Å². The first-order valence-corrected chi connectivity index (χ1v) is 11.0. The highest BCUT2D eigenvalue weighted by Gasteiger charge is 2.16. The number of benzene rings is 3. The van der Waals surface area contributed by atoms with Crippen molar-refractivity contribution < 1.29 is 9.53 Å². The van der Waals surface area contributed by atoms with Gasteiger partial charge in [0.25, 0.3) is 0 Å². The monoisotopic (exact) mass is 428 g/mol. The highest BCUT2D eigenvalue weighted by molar-refractivity contribution is 7.22. The second-order valence-electron chi connectivity index (χ2n) is 6.65. The van der Waals surface area contributed by atoms with Crippen molar-refractivity contribution in [2.75, 3.05) is 7.11 Å². The summed E-state index contributed by atoms with van der Waals surface area (Å²) in [6.07, 6.45) is 2.08. The van der Waals surface area contributed by atoms with E-state index in [2.05, 4.69) is 18.2 Å². The predicted molar refractivity (Wildman–Crippen MR) is 124 cm³/mol. The summed E-state index contributed by atoms with van der Waals surface area (Å²) in [6.45, 7) is 0. The lowest BCUT2D eigenvalue weighted by molar-refractivity contribution is 0.0600. The molecule has 0 radical (unpaired) electrons. The van der Waals surface area contributed by atoms with Gasteiger partial charge in [0, 0.05) is 5.57 Å². The number of esters is 1. The van der Waals surface area contributed by atoms with E-state index in [1.54, 1.807) is 34.8 Å². The van der Waals surface area contributed by atoms with Crippen LogP contribution in [-0.4, -0.2) is 23.0 Å². The van der Waals surface area contributed by atoms with E-state index < -0.39 is 0 Å². The maximum Gasteiger partial charge on any atom is 0.337 e. The summed E-state index contributed by atoms with van der Waals surface area (Å²) in [5.74, 6) is -0.344. The fourth-order valence-electron chi connectivity index (χ4n) is 3.19. The Morgan fingerprint density at radius 3 is 1.83 bits per heavy atom. The minimum atomic E-state index is -0.344. The lowest BCUT2D eigenvalue weighted by Gasteiger charge is -2.03. The number of rotatable bonds is 4. The molecule has 0 spiro atoms. The van der Waals surface area contributed by atoms with Gasteiger partial charge in [0.2, 0.25) is 0 Å². The van der Waals surface area contributed by atoms with Gasteiger partial charge in [-0.2, -0.15) is 0 Å². The molecule has 0 aliphatic carbocycles. The zero-order valence-corrected chi connectivity index (χ0v) is 17.7. The minimum Gasteiger partial charge on any atom is -0.465 e. The fraction of sp³-hybridized carbons (Fsp3) is 0.0417. The van der Waals surface area contributed by atoms with Crippen molar-refractivity contribution in [1.29, 1.82) is 0 Å². The number of aromatic nitrogens is 2. The molecule has 5 rings (SSSR count). The van der Waals surface area contributed by atoms with Crippen LogP contribution < -0.4 is 0 Å². The average molecular weight is 429 g/mol. The van der Waals surface area contributed by atoms with Crippen LogP contribution in [0.5, 0.6) is 0 Å². The van der Waals surface area contributed by atoms with Crippen molar-refractivity contribution in [1.82, 2.24) is 9.97 Å². The molecule has 3 aromatic carbocycles. The van der Waals surface area contributed by atoms with Gasteiger partial charge in [-0.3, -0.25) is 0 Å². The first-order valence-electron chi connectivity index (χ1n) is 9.33. The number of ether oxygens (including phenoxy) is 1. The zero-order valence-electron chi connectivity index (χ0n) is 16.0. The molecule has 6 heteroatoms. The SMILES string of the molecule is COC(=O)c1ccc(C=C(c2nc3ccccc3s2)c2nc3ccccc3s2)cc1. The van der Waals surface area contributed by atoms with Gasteiger partial charge in [0.05, 0.1) is 33.1 Å². The number of nitrogens with zero attached hydrogens (tertiary/aromatic N) is 2. The molecule has 0 saturated carbocycles. The fourth-order valence-corrected chi connectivity index (χ4v) is 5.22. The molecular formula is C24H16N2O2S2. The maximum absolute atomic E-state index is 11.7. The van der Waals surface area contributed by atoms with Crippen molar-refractivity contribution >= 4 is 60.7 Å². The molecule has 5 aromatic rings. The number of thiazole rings is 2. The summed E-state index contributed by atoms with van der Waals surface area (Å²) in [7, 11) is 1.38. The van der Waals surface area contributed by atoms with E-state index in [1.807, 2.05) is 48.5 Å². The second-order valence-corrected chi connectivity index (χ2v) is 8.71. The molecule has 0 unspecified atom stereocenters. The third-order valence-corrected chi connectivity index (χ3v) is 6.83. The summed E-state index contributed by atoms with van der Waals surface area (Å²) in [6, 6.07) is 23.6. The molecular weight excluding hydrogens is 412 g/mol. The number of fused-ring (bicyclic) bond motifs is 2. The molecule has 2 aromatic heterocycles. The Labute approximate surface area is 181 Å². The number of hydrogen-bond donors (Lipinski definition) is 0. The first kappa shape index (κ1) is 18.7. The summed E-state index contributed by atoms with van der Waals surface area (Å²) < 4.78 is 7.07. The van der Waals surface area contributed by atoms with E-state index in [-0.39, 0.29) is 5.97 Å². The van der Waals surface area contributed by atoms with Crippen molar-refractivity contribution in [3.8, 4) is 0 Å². The van der Waals surface area contributed by atoms with Crippen LogP contribution in [0.3, 0.4) is 0 Å². The Kier molecular flexibility index (Phi) is 4.86. The lowest BCUT2D eigenvalue weighted by Crippen LogP contribution is -2.00. The predicted octanol–water partition coefficient (Wildman–Crippen LogP) is 6.28. The number of methoxy groups -OCH3 is 1. The highest BCUT2D eigenvalue weighted by atomic mass is 32.1. The average Bonchev–Trinajstić information content (AvgIpc) is 3.41. The van der Waals surface area contributed by atoms with Gasteiger partial charge in [-0.15, -0.1) is 22.7 Å². The van der Waals surface area contributed by atoms with E-state index in [0.717, 1.165) is 41.6 Å². The Balaban J connectivity index is 1.65. The molecule has 0 amide bonds. The van der Waals surface area contributed by atoms with E-state index in [9.17, 15) is 4.79 Å². The van der Waals surface area contributed by atoms with Crippen LogP contribution in [-0.2, 0) is 4.74 Å². The lowest BCUT2D eigenvalue weighted by atomic mass is 10.1. The standard InChI is InChI=1S/C24H16N2O2S2/c1-28-24(27)16-12-10-15(11-13-16)14-17(22-25-18-6-2-4-8-20(18)29-22)23-26-19-7-3-5-9-21(19)30-23/h2-14H,1H3. The largest absolute Gasteiger partial charge is 0.465 e. The normalized spacial score (nSPS) is 11.0. The molecule has 146 valence electrons. The van der Waals surface area contributed by atoms with Crippen molar-refractivity contribution in [2.45, 2.75) is 0 Å².